The van der Waals surface area contributed by atoms with E-state index in [1.165, 1.54) is 15.5 Å². The summed E-state index contributed by atoms with van der Waals surface area (Å²) in [6.07, 6.45) is -2.76. The van der Waals surface area contributed by atoms with Crippen LogP contribution in [0.2, 0.25) is 0 Å². The van der Waals surface area contributed by atoms with Crippen molar-refractivity contribution >= 4 is 23.2 Å². The van der Waals surface area contributed by atoms with Gasteiger partial charge in [0.1, 0.15) is 0 Å². The summed E-state index contributed by atoms with van der Waals surface area (Å²) in [7, 11) is 3.36. The van der Waals surface area contributed by atoms with E-state index in [0.29, 0.717) is 28.0 Å². The third-order valence-corrected chi connectivity index (χ3v) is 4.66. The molecule has 4 rings (SSSR count). The number of carbonyl (C=O) groups is 1. The second-order valence-electron chi connectivity index (χ2n) is 7.11. The molecule has 0 aliphatic carbocycles. The van der Waals surface area contributed by atoms with Gasteiger partial charge in [-0.1, -0.05) is 12.1 Å². The largest absolute Gasteiger partial charge is 0.416 e. The van der Waals surface area contributed by atoms with Crippen LogP contribution in [0, 0.1) is 0 Å². The van der Waals surface area contributed by atoms with E-state index in [9.17, 15) is 18.0 Å². The van der Waals surface area contributed by atoms with E-state index in [2.05, 4.69) is 15.4 Å². The van der Waals surface area contributed by atoms with Crippen LogP contribution in [0.1, 0.15) is 15.9 Å². The highest BCUT2D eigenvalue weighted by Crippen LogP contribution is 2.33. The quantitative estimate of drug-likeness (QED) is 0.507. The molecule has 1 N–H and O–H groups in total. The number of benzene rings is 2. The first-order valence-corrected chi connectivity index (χ1v) is 9.34. The summed E-state index contributed by atoms with van der Waals surface area (Å²) in [5, 5.41) is 7.40. The van der Waals surface area contributed by atoms with Crippen LogP contribution >= 0.6 is 0 Å². The standard InChI is InChI=1S/C22H18F3N5O/c1-29(2)20(31)14-8-10-17(11-9-14)26-21-27-19-18(7-4-12-30(19)28-21)15-5-3-6-16(13-15)22(23,24)25/h3-13H,1-2H3,(H,26,28). The average Bonchev–Trinajstić information content (AvgIpc) is 3.15. The Morgan fingerprint density at radius 2 is 1.77 bits per heavy atom. The Bertz CT molecular complexity index is 1250. The predicted octanol–water partition coefficient (Wildman–Crippen LogP) is 4.86. The number of hydrogen-bond acceptors (Lipinski definition) is 4. The molecule has 1 amide bonds. The monoisotopic (exact) mass is 425 g/mol. The molecule has 2 heterocycles. The molecule has 0 atom stereocenters. The van der Waals surface area contributed by atoms with Crippen molar-refractivity contribution in [2.45, 2.75) is 6.18 Å². The smallest absolute Gasteiger partial charge is 0.345 e. The minimum atomic E-state index is -4.43. The number of fused-ring (bicyclic) bond motifs is 1. The van der Waals surface area contributed by atoms with Crippen molar-refractivity contribution < 1.29 is 18.0 Å². The topological polar surface area (TPSA) is 62.5 Å². The summed E-state index contributed by atoms with van der Waals surface area (Å²) in [6.45, 7) is 0. The number of anilines is 2. The summed E-state index contributed by atoms with van der Waals surface area (Å²) >= 11 is 0. The zero-order chi connectivity index (χ0) is 22.2. The number of carbonyl (C=O) groups excluding carboxylic acids is 1. The highest BCUT2D eigenvalue weighted by Gasteiger charge is 2.30. The minimum absolute atomic E-state index is 0.108. The van der Waals surface area contributed by atoms with Crippen LogP contribution in [0.4, 0.5) is 24.8 Å². The lowest BCUT2D eigenvalue weighted by atomic mass is 10.0. The van der Waals surface area contributed by atoms with Crippen molar-refractivity contribution in [2.24, 2.45) is 0 Å². The maximum atomic E-state index is 13.1. The highest BCUT2D eigenvalue weighted by atomic mass is 19.4. The van der Waals surface area contributed by atoms with Crippen LogP contribution < -0.4 is 5.32 Å². The van der Waals surface area contributed by atoms with Gasteiger partial charge >= 0.3 is 6.18 Å². The number of amides is 1. The van der Waals surface area contributed by atoms with Gasteiger partial charge in [-0.3, -0.25) is 4.79 Å². The van der Waals surface area contributed by atoms with Crippen molar-refractivity contribution in [1.29, 1.82) is 0 Å². The van der Waals surface area contributed by atoms with E-state index in [0.717, 1.165) is 12.1 Å². The molecule has 0 bridgehead atoms. The van der Waals surface area contributed by atoms with Crippen LogP contribution in [0.3, 0.4) is 0 Å². The summed E-state index contributed by atoms with van der Waals surface area (Å²) in [5.41, 5.74) is 1.84. The van der Waals surface area contributed by atoms with E-state index in [-0.39, 0.29) is 11.9 Å². The molecule has 158 valence electrons. The van der Waals surface area contributed by atoms with Gasteiger partial charge in [0.05, 0.1) is 5.56 Å². The number of nitrogens with one attached hydrogen (secondary N) is 1. The molecule has 0 aliphatic rings. The first-order valence-electron chi connectivity index (χ1n) is 9.34. The molecule has 0 aliphatic heterocycles. The van der Waals surface area contributed by atoms with Gasteiger partial charge in [0.2, 0.25) is 5.95 Å². The summed E-state index contributed by atoms with van der Waals surface area (Å²) < 4.78 is 40.8. The zero-order valence-electron chi connectivity index (χ0n) is 16.7. The van der Waals surface area contributed by atoms with Gasteiger partial charge in [-0.2, -0.15) is 18.2 Å². The van der Waals surface area contributed by atoms with Gasteiger partial charge in [-0.05, 0) is 54.1 Å². The molecule has 0 saturated heterocycles. The molecule has 4 aromatic rings. The van der Waals surface area contributed by atoms with Crippen molar-refractivity contribution in [3.05, 3.63) is 78.0 Å². The normalized spacial score (nSPS) is 11.5. The van der Waals surface area contributed by atoms with Crippen molar-refractivity contribution in [2.75, 3.05) is 19.4 Å². The number of aromatic nitrogens is 3. The van der Waals surface area contributed by atoms with E-state index in [4.69, 9.17) is 0 Å². The number of nitrogens with zero attached hydrogens (tertiary/aromatic N) is 4. The Balaban J connectivity index is 1.65. The van der Waals surface area contributed by atoms with E-state index in [1.54, 1.807) is 62.8 Å². The SMILES string of the molecule is CN(C)C(=O)c1ccc(Nc2nc3c(-c4cccc(C(F)(F)F)c4)cccn3n2)cc1. The number of halogens is 3. The van der Waals surface area contributed by atoms with Gasteiger partial charge in [-0.15, -0.1) is 5.10 Å². The Kier molecular flexibility index (Phi) is 5.10. The summed E-state index contributed by atoms with van der Waals surface area (Å²) in [5.74, 6) is 0.175. The van der Waals surface area contributed by atoms with Crippen LogP contribution in [-0.4, -0.2) is 39.5 Å². The fraction of sp³-hybridized carbons (Fsp3) is 0.136. The predicted molar refractivity (Wildman–Crippen MR) is 111 cm³/mol. The Hall–Kier alpha value is -3.88. The molecule has 31 heavy (non-hydrogen) atoms. The second kappa shape index (κ2) is 7.75. The average molecular weight is 425 g/mol. The van der Waals surface area contributed by atoms with E-state index in [1.807, 2.05) is 0 Å². The molecule has 0 spiro atoms. The lowest BCUT2D eigenvalue weighted by molar-refractivity contribution is -0.137. The minimum Gasteiger partial charge on any atom is -0.345 e. The van der Waals surface area contributed by atoms with Gasteiger partial charge in [0.25, 0.3) is 5.91 Å². The molecule has 0 fully saturated rings. The fourth-order valence-electron chi connectivity index (χ4n) is 3.13. The van der Waals surface area contributed by atoms with E-state index >= 15 is 0 Å². The molecular weight excluding hydrogens is 407 g/mol. The zero-order valence-corrected chi connectivity index (χ0v) is 16.7. The number of pyridine rings is 1. The molecule has 2 aromatic heterocycles. The fourth-order valence-corrected chi connectivity index (χ4v) is 3.13. The van der Waals surface area contributed by atoms with Crippen molar-refractivity contribution in [3.63, 3.8) is 0 Å². The first kappa shape index (κ1) is 20.4. The molecule has 0 saturated carbocycles. The molecule has 0 unspecified atom stereocenters. The Morgan fingerprint density at radius 1 is 1.03 bits per heavy atom. The van der Waals surface area contributed by atoms with Gasteiger partial charge in [0, 0.05) is 37.1 Å². The van der Waals surface area contributed by atoms with Crippen LogP contribution in [0.15, 0.2) is 66.9 Å². The van der Waals surface area contributed by atoms with Crippen LogP contribution in [0.5, 0.6) is 0 Å². The van der Waals surface area contributed by atoms with E-state index < -0.39 is 11.7 Å². The molecule has 2 aromatic carbocycles. The molecular formula is C22H18F3N5O. The van der Waals surface area contributed by atoms with Crippen molar-refractivity contribution in [1.82, 2.24) is 19.5 Å². The molecule has 9 heteroatoms. The molecule has 6 nitrogen and oxygen atoms in total. The lowest BCUT2D eigenvalue weighted by Gasteiger charge is -2.10. The Morgan fingerprint density at radius 3 is 2.45 bits per heavy atom. The Labute approximate surface area is 175 Å². The number of rotatable bonds is 4. The first-order chi connectivity index (χ1) is 14.7. The third-order valence-electron chi connectivity index (χ3n) is 4.66. The number of alkyl halides is 3. The highest BCUT2D eigenvalue weighted by molar-refractivity contribution is 5.94. The summed E-state index contributed by atoms with van der Waals surface area (Å²) in [6, 6.07) is 15.3. The lowest BCUT2D eigenvalue weighted by Crippen LogP contribution is -2.21. The molecule has 0 radical (unpaired) electrons. The van der Waals surface area contributed by atoms with Gasteiger partial charge in [0.15, 0.2) is 5.65 Å². The maximum Gasteiger partial charge on any atom is 0.416 e. The second-order valence-corrected chi connectivity index (χ2v) is 7.11. The summed E-state index contributed by atoms with van der Waals surface area (Å²) in [4.78, 5) is 17.9. The number of hydrogen-bond donors (Lipinski definition) is 1. The van der Waals surface area contributed by atoms with Crippen LogP contribution in [-0.2, 0) is 6.18 Å². The van der Waals surface area contributed by atoms with Crippen molar-refractivity contribution in [3.8, 4) is 11.1 Å². The van der Waals surface area contributed by atoms with Gasteiger partial charge < -0.3 is 10.2 Å². The van der Waals surface area contributed by atoms with Gasteiger partial charge in [-0.25, -0.2) is 4.52 Å². The van der Waals surface area contributed by atoms with Crippen LogP contribution in [0.25, 0.3) is 16.8 Å². The maximum absolute atomic E-state index is 13.1. The third kappa shape index (κ3) is 4.20.